The van der Waals surface area contributed by atoms with E-state index >= 15 is 0 Å². The molecule has 1 aromatic heterocycles. The third-order valence-corrected chi connectivity index (χ3v) is 7.12. The van der Waals surface area contributed by atoms with Gasteiger partial charge in [0.1, 0.15) is 0 Å². The lowest BCUT2D eigenvalue weighted by Crippen LogP contribution is -2.40. The van der Waals surface area contributed by atoms with Crippen molar-refractivity contribution in [2.45, 2.75) is 45.5 Å². The summed E-state index contributed by atoms with van der Waals surface area (Å²) in [6.45, 7) is 10.2. The Balaban J connectivity index is 1.61. The number of fused-ring (bicyclic) bond motifs is 3. The SMILES string of the molecule is [B]C(C)(C)C(C)(C)O[B]c1ccc(-c2ccc3sc4cccc(C)c4c3c2)cc1. The smallest absolute Gasteiger partial charge is 0.330 e. The number of aryl methyl sites for hydroxylation is 1. The Morgan fingerprint density at radius 1 is 0.862 bits per heavy atom. The number of hydrogen-bond acceptors (Lipinski definition) is 2. The summed E-state index contributed by atoms with van der Waals surface area (Å²) in [5.74, 6) is 0. The van der Waals surface area contributed by atoms with Crippen molar-refractivity contribution in [3.8, 4) is 11.1 Å². The lowest BCUT2D eigenvalue weighted by molar-refractivity contribution is 0.0767. The van der Waals surface area contributed by atoms with E-state index in [1.807, 2.05) is 39.0 Å². The summed E-state index contributed by atoms with van der Waals surface area (Å²) in [6, 6.07) is 21.8. The van der Waals surface area contributed by atoms with E-state index in [0.29, 0.717) is 0 Å². The average molecular weight is 395 g/mol. The van der Waals surface area contributed by atoms with Crippen molar-refractivity contribution < 1.29 is 4.65 Å². The molecule has 143 valence electrons. The quantitative estimate of drug-likeness (QED) is 0.354. The first-order chi connectivity index (χ1) is 13.7. The zero-order valence-electron chi connectivity index (χ0n) is 17.7. The molecular weight excluding hydrogens is 370 g/mol. The van der Waals surface area contributed by atoms with Crippen molar-refractivity contribution in [2.75, 3.05) is 0 Å². The minimum absolute atomic E-state index is 0.430. The van der Waals surface area contributed by atoms with Gasteiger partial charge in [0, 0.05) is 25.8 Å². The number of hydrogen-bond donors (Lipinski definition) is 0. The van der Waals surface area contributed by atoms with E-state index in [4.69, 9.17) is 12.5 Å². The maximum absolute atomic E-state index is 6.22. The highest BCUT2D eigenvalue weighted by molar-refractivity contribution is 7.25. The molecule has 4 aromatic rings. The maximum Gasteiger partial charge on any atom is 0.330 e. The van der Waals surface area contributed by atoms with Crippen LogP contribution in [0.15, 0.2) is 60.7 Å². The van der Waals surface area contributed by atoms with Crippen LogP contribution in [0.25, 0.3) is 31.3 Å². The van der Waals surface area contributed by atoms with Crippen molar-refractivity contribution in [3.05, 3.63) is 66.2 Å². The Morgan fingerprint density at radius 2 is 1.55 bits per heavy atom. The molecule has 0 saturated carbocycles. The Hall–Kier alpha value is -2.03. The second-order valence-corrected chi connectivity index (χ2v) is 9.93. The van der Waals surface area contributed by atoms with Gasteiger partial charge in [0.15, 0.2) is 0 Å². The van der Waals surface area contributed by atoms with Crippen LogP contribution in [0.3, 0.4) is 0 Å². The molecule has 0 aliphatic heterocycles. The zero-order valence-corrected chi connectivity index (χ0v) is 18.6. The van der Waals surface area contributed by atoms with Crippen LogP contribution < -0.4 is 5.46 Å². The molecule has 0 amide bonds. The molecule has 0 N–H and O–H groups in total. The first-order valence-corrected chi connectivity index (χ1v) is 10.8. The predicted molar refractivity (Wildman–Crippen MR) is 130 cm³/mol. The van der Waals surface area contributed by atoms with E-state index in [1.54, 1.807) is 7.48 Å². The van der Waals surface area contributed by atoms with Crippen molar-refractivity contribution in [3.63, 3.8) is 0 Å². The van der Waals surface area contributed by atoms with E-state index in [-0.39, 0.29) is 0 Å². The molecule has 0 atom stereocenters. The molecule has 0 unspecified atom stereocenters. The molecule has 0 fully saturated rings. The average Bonchev–Trinajstić information content (AvgIpc) is 3.05. The van der Waals surface area contributed by atoms with E-state index in [2.05, 4.69) is 67.6 Å². The maximum atomic E-state index is 6.22. The first-order valence-electron chi connectivity index (χ1n) is 9.98. The lowest BCUT2D eigenvalue weighted by atomic mass is 9.61. The molecule has 29 heavy (non-hydrogen) atoms. The topological polar surface area (TPSA) is 9.23 Å². The van der Waals surface area contributed by atoms with Crippen molar-refractivity contribution in [1.82, 2.24) is 0 Å². The summed E-state index contributed by atoms with van der Waals surface area (Å²) < 4.78 is 8.67. The van der Waals surface area contributed by atoms with Gasteiger partial charge in [-0.05, 0) is 61.0 Å². The van der Waals surface area contributed by atoms with Crippen LogP contribution in [0.2, 0.25) is 5.31 Å². The second kappa shape index (κ2) is 7.34. The third kappa shape index (κ3) is 3.89. The van der Waals surface area contributed by atoms with Crippen LogP contribution in [0.4, 0.5) is 0 Å². The molecule has 0 spiro atoms. The van der Waals surface area contributed by atoms with E-state index in [9.17, 15) is 0 Å². The molecule has 0 aliphatic rings. The van der Waals surface area contributed by atoms with Gasteiger partial charge in [0.2, 0.25) is 0 Å². The van der Waals surface area contributed by atoms with Gasteiger partial charge in [0.05, 0.1) is 7.85 Å². The highest BCUT2D eigenvalue weighted by atomic mass is 32.1. The second-order valence-electron chi connectivity index (χ2n) is 8.85. The summed E-state index contributed by atoms with van der Waals surface area (Å²) in [7, 11) is 8.02. The summed E-state index contributed by atoms with van der Waals surface area (Å²) in [4.78, 5) is 0. The lowest BCUT2D eigenvalue weighted by Gasteiger charge is -2.39. The fraction of sp³-hybridized carbons (Fsp3) is 0.280. The molecule has 4 heteroatoms. The molecule has 3 aromatic carbocycles. The van der Waals surface area contributed by atoms with Crippen molar-refractivity contribution in [1.29, 1.82) is 0 Å². The van der Waals surface area contributed by atoms with Crippen LogP contribution >= 0.6 is 11.3 Å². The predicted octanol–water partition coefficient (Wildman–Crippen LogP) is 6.44. The normalized spacial score (nSPS) is 12.6. The van der Waals surface area contributed by atoms with E-state index in [1.165, 1.54) is 36.9 Å². The molecule has 0 aliphatic carbocycles. The first kappa shape index (κ1) is 20.3. The Kier molecular flexibility index (Phi) is 5.13. The molecule has 1 heterocycles. The largest absolute Gasteiger partial charge is 0.430 e. The Bertz CT molecular complexity index is 1170. The minimum Gasteiger partial charge on any atom is -0.430 e. The fourth-order valence-electron chi connectivity index (χ4n) is 3.30. The number of thiophene rings is 1. The van der Waals surface area contributed by atoms with E-state index in [0.717, 1.165) is 5.46 Å². The van der Waals surface area contributed by atoms with Gasteiger partial charge in [-0.25, -0.2) is 0 Å². The van der Waals surface area contributed by atoms with Gasteiger partial charge < -0.3 is 4.65 Å². The zero-order chi connectivity index (χ0) is 20.8. The third-order valence-electron chi connectivity index (χ3n) is 5.99. The van der Waals surface area contributed by atoms with Gasteiger partial charge in [0.25, 0.3) is 0 Å². The fourth-order valence-corrected chi connectivity index (χ4v) is 4.47. The summed E-state index contributed by atoms with van der Waals surface area (Å²) in [5, 5.41) is 2.28. The van der Waals surface area contributed by atoms with Gasteiger partial charge in [-0.3, -0.25) is 0 Å². The van der Waals surface area contributed by atoms with Crippen LogP contribution in [0.5, 0.6) is 0 Å². The van der Waals surface area contributed by atoms with Gasteiger partial charge >= 0.3 is 7.48 Å². The number of benzene rings is 3. The molecular formula is C25H25B2OS. The van der Waals surface area contributed by atoms with Gasteiger partial charge in [-0.15, -0.1) is 11.3 Å². The Morgan fingerprint density at radius 3 is 2.24 bits per heavy atom. The molecule has 1 nitrogen and oxygen atoms in total. The van der Waals surface area contributed by atoms with Crippen LogP contribution in [-0.4, -0.2) is 20.9 Å². The minimum atomic E-state index is -0.450. The van der Waals surface area contributed by atoms with Crippen molar-refractivity contribution in [2.24, 2.45) is 0 Å². The van der Waals surface area contributed by atoms with Crippen LogP contribution in [0, 0.1) is 6.92 Å². The highest BCUT2D eigenvalue weighted by Gasteiger charge is 2.32. The van der Waals surface area contributed by atoms with Gasteiger partial charge in [-0.2, -0.15) is 0 Å². The summed E-state index contributed by atoms with van der Waals surface area (Å²) in [5.41, 5.74) is 4.35. The van der Waals surface area contributed by atoms with E-state index < -0.39 is 10.9 Å². The molecule has 4 rings (SSSR count). The number of rotatable bonds is 5. The molecule has 0 bridgehead atoms. The summed E-state index contributed by atoms with van der Waals surface area (Å²) in [6.07, 6.45) is 0. The van der Waals surface area contributed by atoms with Crippen LogP contribution in [0.1, 0.15) is 33.3 Å². The van der Waals surface area contributed by atoms with Gasteiger partial charge in [-0.1, -0.05) is 61.8 Å². The summed E-state index contributed by atoms with van der Waals surface area (Å²) >= 11 is 1.86. The van der Waals surface area contributed by atoms with Crippen LogP contribution in [-0.2, 0) is 4.65 Å². The standard InChI is InChI=1S/C25H25B2OS/c1-16-7-6-8-22-23(16)20-15-18(11-14-21(20)29-22)17-9-12-19(13-10-17)27-28-25(4,5)24(2,3)26/h6-15H,1-5H3. The molecule has 3 radical (unpaired) electrons. The highest BCUT2D eigenvalue weighted by Crippen LogP contribution is 2.38. The Labute approximate surface area is 179 Å². The van der Waals surface area contributed by atoms with Crippen molar-refractivity contribution >= 4 is 52.3 Å². The monoisotopic (exact) mass is 395 g/mol. The molecule has 0 saturated heterocycles.